The van der Waals surface area contributed by atoms with Crippen LogP contribution < -0.4 is 15.4 Å². The lowest BCUT2D eigenvalue weighted by atomic mass is 9.89. The first kappa shape index (κ1) is 29.1. The van der Waals surface area contributed by atoms with Gasteiger partial charge in [-0.3, -0.25) is 0 Å². The fourth-order valence-electron chi connectivity index (χ4n) is 8.10. The van der Waals surface area contributed by atoms with E-state index in [2.05, 4.69) is 22.9 Å². The number of fused-ring (bicyclic) bond motifs is 3. The summed E-state index contributed by atoms with van der Waals surface area (Å²) in [5, 5.41) is 10.8. The zero-order valence-corrected chi connectivity index (χ0v) is 26.5. The second-order valence-corrected chi connectivity index (χ2v) is 14.2. The van der Waals surface area contributed by atoms with Crippen molar-refractivity contribution in [2.45, 2.75) is 63.1 Å². The van der Waals surface area contributed by atoms with Crippen molar-refractivity contribution in [3.05, 3.63) is 40.2 Å². The molecule has 45 heavy (non-hydrogen) atoms. The minimum Gasteiger partial charge on any atom is -0.491 e. The van der Waals surface area contributed by atoms with Gasteiger partial charge in [0.05, 0.1) is 33.4 Å². The molecule has 4 bridgehead atoms. The molecule has 2 unspecified atom stereocenters. The Labute approximate surface area is 268 Å². The van der Waals surface area contributed by atoms with Crippen molar-refractivity contribution in [1.82, 2.24) is 14.9 Å². The van der Waals surface area contributed by atoms with Gasteiger partial charge in [-0.2, -0.15) is 5.26 Å². The van der Waals surface area contributed by atoms with Crippen LogP contribution in [-0.4, -0.2) is 66.4 Å². The van der Waals surface area contributed by atoms with E-state index in [4.69, 9.17) is 36.8 Å². The number of ether oxygens (including phenoxy) is 2. The predicted molar refractivity (Wildman–Crippen MR) is 172 cm³/mol. The van der Waals surface area contributed by atoms with E-state index in [-0.39, 0.29) is 60.4 Å². The molecule has 2 fully saturated rings. The van der Waals surface area contributed by atoms with E-state index in [9.17, 15) is 9.65 Å². The molecule has 4 aliphatic rings. The van der Waals surface area contributed by atoms with Crippen LogP contribution in [0.3, 0.4) is 0 Å². The fraction of sp³-hybridized carbons (Fsp3) is 0.485. The number of nitrogens with zero attached hydrogens (tertiary/aromatic N) is 5. The first-order valence-corrected chi connectivity index (χ1v) is 16.9. The predicted octanol–water partition coefficient (Wildman–Crippen LogP) is 6.69. The molecule has 6 heterocycles. The number of halogens is 3. The van der Waals surface area contributed by atoms with Crippen LogP contribution >= 0.6 is 22.9 Å². The molecular formula is C33H33ClF2N6O2S. The Morgan fingerprint density at radius 2 is 2.00 bits per heavy atom. The molecule has 0 radical (unpaired) electrons. The molecule has 2 aromatic heterocycles. The SMILES string of the molecule is CN1CCCC1C1CCCO[C@H]2C[C@H]3CCOc4c(Cl)c(-c5ccc(F)c6sc(N)c(C#N)c56)c(F)c5nc(nc(c45)N3C2)C1. The maximum absolute atomic E-state index is 17.2. The fourth-order valence-corrected chi connectivity index (χ4v) is 9.38. The van der Waals surface area contributed by atoms with Crippen molar-refractivity contribution in [2.75, 3.05) is 44.0 Å². The number of rotatable bonds is 2. The quantitative estimate of drug-likeness (QED) is 0.256. The maximum atomic E-state index is 17.2. The number of nitrogens with two attached hydrogens (primary N) is 1. The van der Waals surface area contributed by atoms with Crippen molar-refractivity contribution in [1.29, 1.82) is 5.26 Å². The van der Waals surface area contributed by atoms with Gasteiger partial charge in [0, 0.05) is 49.0 Å². The minimum atomic E-state index is -0.653. The Hall–Kier alpha value is -3.30. The van der Waals surface area contributed by atoms with Gasteiger partial charge in [-0.15, -0.1) is 11.3 Å². The molecule has 0 aliphatic carbocycles. The molecule has 0 spiro atoms. The summed E-state index contributed by atoms with van der Waals surface area (Å²) in [6, 6.07) is 5.31. The standard InChI is InChI=1S/C33H33ClF2N6O2S/c1-41-9-2-5-22(41)16-4-3-10-43-18-13-17-8-11-44-30-26-29(39-23(12-16)40-33(26)42(17)15-18)28(36)25(27(30)34)19-6-7-21(35)31-24(19)20(14-37)32(38)45-31/h6-7,16-18,22H,2-5,8-13,15,38H2,1H3/t16?,17-,18+,22?/m1/s1. The second-order valence-electron chi connectivity index (χ2n) is 12.7. The lowest BCUT2D eigenvalue weighted by Crippen LogP contribution is -2.36. The number of benzene rings is 2. The molecule has 0 saturated carbocycles. The highest BCUT2D eigenvalue weighted by atomic mass is 35.5. The Balaban J connectivity index is 1.40. The maximum Gasteiger partial charge on any atom is 0.159 e. The summed E-state index contributed by atoms with van der Waals surface area (Å²) < 4.78 is 45.1. The number of aromatic nitrogens is 2. The van der Waals surface area contributed by atoms with Crippen LogP contribution in [0.5, 0.6) is 5.75 Å². The average Bonchev–Trinajstić information content (AvgIpc) is 3.72. The molecule has 2 saturated heterocycles. The molecular weight excluding hydrogens is 618 g/mol. The summed E-state index contributed by atoms with van der Waals surface area (Å²) in [5.74, 6) is 0.603. The van der Waals surface area contributed by atoms with Gasteiger partial charge in [-0.05, 0) is 63.2 Å². The van der Waals surface area contributed by atoms with Crippen molar-refractivity contribution >= 4 is 54.7 Å². The number of nitrogen functional groups attached to an aromatic ring is 1. The third-order valence-corrected chi connectivity index (χ3v) is 11.6. The molecule has 12 heteroatoms. The molecule has 4 atom stereocenters. The highest BCUT2D eigenvalue weighted by Crippen LogP contribution is 2.51. The Bertz CT molecular complexity index is 1900. The molecule has 4 aromatic rings. The smallest absolute Gasteiger partial charge is 0.159 e. The number of likely N-dealkylation sites (tertiary alicyclic amines) is 1. The molecule has 0 amide bonds. The largest absolute Gasteiger partial charge is 0.491 e. The lowest BCUT2D eigenvalue weighted by Gasteiger charge is -2.32. The van der Waals surface area contributed by atoms with Gasteiger partial charge in [0.15, 0.2) is 11.6 Å². The van der Waals surface area contributed by atoms with E-state index >= 15 is 4.39 Å². The lowest BCUT2D eigenvalue weighted by molar-refractivity contribution is 0.0582. The Morgan fingerprint density at radius 1 is 1.13 bits per heavy atom. The third-order valence-electron chi connectivity index (χ3n) is 10.2. The van der Waals surface area contributed by atoms with E-state index in [0.717, 1.165) is 56.4 Å². The van der Waals surface area contributed by atoms with Crippen molar-refractivity contribution < 1.29 is 18.3 Å². The summed E-state index contributed by atoms with van der Waals surface area (Å²) in [4.78, 5) is 14.7. The van der Waals surface area contributed by atoms with E-state index in [0.29, 0.717) is 55.0 Å². The monoisotopic (exact) mass is 650 g/mol. The first-order chi connectivity index (χ1) is 21.8. The number of thiophene rings is 1. The van der Waals surface area contributed by atoms with Crippen LogP contribution in [0.15, 0.2) is 12.1 Å². The molecule has 2 N–H and O–H groups in total. The Kier molecular flexibility index (Phi) is 7.24. The summed E-state index contributed by atoms with van der Waals surface area (Å²) in [7, 11) is 2.17. The summed E-state index contributed by atoms with van der Waals surface area (Å²) in [5.41, 5.74) is 6.62. The van der Waals surface area contributed by atoms with Crippen LogP contribution in [-0.2, 0) is 11.2 Å². The summed E-state index contributed by atoms with van der Waals surface area (Å²) in [6.07, 6.45) is 6.38. The van der Waals surface area contributed by atoms with Gasteiger partial charge < -0.3 is 25.0 Å². The Morgan fingerprint density at radius 3 is 2.80 bits per heavy atom. The zero-order valence-electron chi connectivity index (χ0n) is 24.9. The second kappa shape index (κ2) is 11.2. The normalized spacial score (nSPS) is 25.3. The highest BCUT2D eigenvalue weighted by Gasteiger charge is 2.39. The number of nitriles is 1. The van der Waals surface area contributed by atoms with Gasteiger partial charge in [-0.25, -0.2) is 18.7 Å². The molecule has 8 rings (SSSR count). The number of hydrogen-bond donors (Lipinski definition) is 1. The van der Waals surface area contributed by atoms with Crippen LogP contribution in [0.4, 0.5) is 19.6 Å². The van der Waals surface area contributed by atoms with Gasteiger partial charge >= 0.3 is 0 Å². The van der Waals surface area contributed by atoms with Crippen LogP contribution in [0.25, 0.3) is 32.1 Å². The van der Waals surface area contributed by atoms with E-state index in [1.165, 1.54) is 12.1 Å². The molecule has 234 valence electrons. The van der Waals surface area contributed by atoms with Crippen LogP contribution in [0, 0.1) is 28.9 Å². The molecule has 2 aromatic carbocycles. The van der Waals surface area contributed by atoms with E-state index < -0.39 is 11.6 Å². The average molecular weight is 651 g/mol. The van der Waals surface area contributed by atoms with Gasteiger partial charge in [-0.1, -0.05) is 17.7 Å². The number of hydrogen-bond acceptors (Lipinski definition) is 9. The summed E-state index contributed by atoms with van der Waals surface area (Å²) >= 11 is 8.05. The van der Waals surface area contributed by atoms with Crippen LogP contribution in [0.2, 0.25) is 5.02 Å². The van der Waals surface area contributed by atoms with Gasteiger partial charge in [0.2, 0.25) is 0 Å². The highest BCUT2D eigenvalue weighted by molar-refractivity contribution is 7.23. The molecule has 4 aliphatic heterocycles. The van der Waals surface area contributed by atoms with Gasteiger partial charge in [0.1, 0.15) is 34.0 Å². The summed E-state index contributed by atoms with van der Waals surface area (Å²) in [6.45, 7) is 2.77. The van der Waals surface area contributed by atoms with Crippen molar-refractivity contribution in [3.63, 3.8) is 0 Å². The van der Waals surface area contributed by atoms with Crippen molar-refractivity contribution in [2.24, 2.45) is 5.92 Å². The van der Waals surface area contributed by atoms with Crippen LogP contribution in [0.1, 0.15) is 49.9 Å². The molecule has 8 nitrogen and oxygen atoms in total. The number of anilines is 2. The van der Waals surface area contributed by atoms with E-state index in [1.54, 1.807) is 0 Å². The zero-order chi connectivity index (χ0) is 31.0. The van der Waals surface area contributed by atoms with Gasteiger partial charge in [0.25, 0.3) is 0 Å². The first-order valence-electron chi connectivity index (χ1n) is 15.7. The third kappa shape index (κ3) is 4.63. The van der Waals surface area contributed by atoms with Crippen molar-refractivity contribution in [3.8, 4) is 22.9 Å². The topological polar surface area (TPSA) is 101 Å². The van der Waals surface area contributed by atoms with E-state index in [1.807, 2.05) is 0 Å². The minimum absolute atomic E-state index is 0.0158.